The van der Waals surface area contributed by atoms with Crippen molar-refractivity contribution in [2.75, 3.05) is 20.3 Å². The minimum absolute atomic E-state index is 0.722. The number of rotatable bonds is 1. The third-order valence-corrected chi connectivity index (χ3v) is 2.13. The molecule has 1 heterocycles. The van der Waals surface area contributed by atoms with E-state index in [0.29, 0.717) is 0 Å². The van der Waals surface area contributed by atoms with Gasteiger partial charge >= 0.3 is 0 Å². The summed E-state index contributed by atoms with van der Waals surface area (Å²) in [5.74, 6) is 1.78. The number of benzene rings is 1. The standard InChI is InChI=1S/C10H13NO2/c1-12-9-3-2-8-7-11-4-5-13-10(8)6-9/h2-3,6,11H,4-5,7H2,1H3. The van der Waals surface area contributed by atoms with Crippen LogP contribution in [0.2, 0.25) is 0 Å². The molecule has 0 amide bonds. The molecular weight excluding hydrogens is 166 g/mol. The predicted octanol–water partition coefficient (Wildman–Crippen LogP) is 1.18. The zero-order valence-electron chi connectivity index (χ0n) is 7.67. The molecule has 13 heavy (non-hydrogen) atoms. The Hall–Kier alpha value is -1.22. The highest BCUT2D eigenvalue weighted by Gasteiger charge is 2.08. The van der Waals surface area contributed by atoms with Crippen molar-refractivity contribution in [1.29, 1.82) is 0 Å². The van der Waals surface area contributed by atoms with Gasteiger partial charge in [-0.15, -0.1) is 0 Å². The average molecular weight is 179 g/mol. The van der Waals surface area contributed by atoms with Crippen LogP contribution in [0.25, 0.3) is 0 Å². The van der Waals surface area contributed by atoms with Gasteiger partial charge in [0.15, 0.2) is 0 Å². The first-order chi connectivity index (χ1) is 6.40. The normalized spacial score (nSPS) is 15.5. The zero-order chi connectivity index (χ0) is 9.10. The van der Waals surface area contributed by atoms with Crippen LogP contribution in [0.3, 0.4) is 0 Å². The second kappa shape index (κ2) is 3.66. The van der Waals surface area contributed by atoms with Crippen LogP contribution in [0.1, 0.15) is 5.56 Å². The number of fused-ring (bicyclic) bond motifs is 1. The van der Waals surface area contributed by atoms with Gasteiger partial charge in [-0.05, 0) is 6.07 Å². The minimum Gasteiger partial charge on any atom is -0.497 e. The highest BCUT2D eigenvalue weighted by atomic mass is 16.5. The summed E-state index contributed by atoms with van der Waals surface area (Å²) in [7, 11) is 1.66. The number of hydrogen-bond acceptors (Lipinski definition) is 3. The molecule has 0 saturated heterocycles. The molecule has 0 saturated carbocycles. The molecule has 70 valence electrons. The molecule has 0 spiro atoms. The highest BCUT2D eigenvalue weighted by Crippen LogP contribution is 2.25. The summed E-state index contributed by atoms with van der Waals surface area (Å²) in [6.45, 7) is 2.50. The molecule has 2 rings (SSSR count). The van der Waals surface area contributed by atoms with E-state index >= 15 is 0 Å². The van der Waals surface area contributed by atoms with Gasteiger partial charge in [0.2, 0.25) is 0 Å². The first kappa shape index (κ1) is 8.38. The molecule has 1 aliphatic heterocycles. The first-order valence-corrected chi connectivity index (χ1v) is 4.40. The Morgan fingerprint density at radius 3 is 3.23 bits per heavy atom. The molecule has 1 aromatic carbocycles. The van der Waals surface area contributed by atoms with E-state index in [4.69, 9.17) is 9.47 Å². The van der Waals surface area contributed by atoms with E-state index in [2.05, 4.69) is 5.32 Å². The summed E-state index contributed by atoms with van der Waals surface area (Å²) in [4.78, 5) is 0. The summed E-state index contributed by atoms with van der Waals surface area (Å²) in [6, 6.07) is 5.92. The number of hydrogen-bond donors (Lipinski definition) is 1. The molecule has 0 atom stereocenters. The Morgan fingerprint density at radius 2 is 2.38 bits per heavy atom. The van der Waals surface area contributed by atoms with Crippen LogP contribution >= 0.6 is 0 Å². The second-order valence-corrected chi connectivity index (χ2v) is 3.00. The lowest BCUT2D eigenvalue weighted by Crippen LogP contribution is -2.16. The van der Waals surface area contributed by atoms with Crippen LogP contribution in [-0.4, -0.2) is 20.3 Å². The van der Waals surface area contributed by atoms with Crippen molar-refractivity contribution in [1.82, 2.24) is 5.32 Å². The fraction of sp³-hybridized carbons (Fsp3) is 0.400. The number of nitrogens with one attached hydrogen (secondary N) is 1. The van der Waals surface area contributed by atoms with Crippen LogP contribution in [0.5, 0.6) is 11.5 Å². The fourth-order valence-electron chi connectivity index (χ4n) is 1.40. The van der Waals surface area contributed by atoms with Crippen molar-refractivity contribution in [2.45, 2.75) is 6.54 Å². The number of methoxy groups -OCH3 is 1. The van der Waals surface area contributed by atoms with Gasteiger partial charge in [0.1, 0.15) is 18.1 Å². The second-order valence-electron chi connectivity index (χ2n) is 3.00. The molecule has 0 aromatic heterocycles. The van der Waals surface area contributed by atoms with E-state index < -0.39 is 0 Å². The van der Waals surface area contributed by atoms with Crippen molar-refractivity contribution in [3.05, 3.63) is 23.8 Å². The van der Waals surface area contributed by atoms with Crippen molar-refractivity contribution in [3.8, 4) is 11.5 Å². The van der Waals surface area contributed by atoms with E-state index in [0.717, 1.165) is 31.2 Å². The van der Waals surface area contributed by atoms with Gasteiger partial charge in [-0.2, -0.15) is 0 Å². The molecular formula is C10H13NO2. The van der Waals surface area contributed by atoms with E-state index in [1.807, 2.05) is 18.2 Å². The lowest BCUT2D eigenvalue weighted by Gasteiger charge is -2.07. The van der Waals surface area contributed by atoms with E-state index in [-0.39, 0.29) is 0 Å². The maximum atomic E-state index is 5.55. The maximum Gasteiger partial charge on any atom is 0.127 e. The minimum atomic E-state index is 0.722. The molecule has 1 N–H and O–H groups in total. The van der Waals surface area contributed by atoms with Gasteiger partial charge < -0.3 is 14.8 Å². The Morgan fingerprint density at radius 1 is 1.46 bits per heavy atom. The smallest absolute Gasteiger partial charge is 0.127 e. The summed E-state index contributed by atoms with van der Waals surface area (Å²) in [5.41, 5.74) is 1.19. The van der Waals surface area contributed by atoms with E-state index in [1.165, 1.54) is 5.56 Å². The van der Waals surface area contributed by atoms with Crippen LogP contribution in [0, 0.1) is 0 Å². The molecule has 1 aliphatic rings. The van der Waals surface area contributed by atoms with Gasteiger partial charge in [0, 0.05) is 24.7 Å². The maximum absolute atomic E-state index is 5.55. The highest BCUT2D eigenvalue weighted by molar-refractivity contribution is 5.41. The average Bonchev–Trinajstić information content (AvgIpc) is 2.41. The number of ether oxygens (including phenoxy) is 2. The van der Waals surface area contributed by atoms with Crippen LogP contribution in [-0.2, 0) is 6.54 Å². The van der Waals surface area contributed by atoms with Crippen molar-refractivity contribution >= 4 is 0 Å². The first-order valence-electron chi connectivity index (χ1n) is 4.40. The van der Waals surface area contributed by atoms with Gasteiger partial charge in [0.25, 0.3) is 0 Å². The third-order valence-electron chi connectivity index (χ3n) is 2.13. The topological polar surface area (TPSA) is 30.5 Å². The van der Waals surface area contributed by atoms with Crippen molar-refractivity contribution in [2.24, 2.45) is 0 Å². The molecule has 3 heteroatoms. The van der Waals surface area contributed by atoms with Gasteiger partial charge in [-0.3, -0.25) is 0 Å². The van der Waals surface area contributed by atoms with E-state index in [9.17, 15) is 0 Å². The largest absolute Gasteiger partial charge is 0.497 e. The third kappa shape index (κ3) is 1.75. The predicted molar refractivity (Wildman–Crippen MR) is 50.2 cm³/mol. The van der Waals surface area contributed by atoms with Crippen LogP contribution < -0.4 is 14.8 Å². The van der Waals surface area contributed by atoms with Crippen molar-refractivity contribution in [3.63, 3.8) is 0 Å². The summed E-state index contributed by atoms with van der Waals surface area (Å²) in [6.07, 6.45) is 0. The van der Waals surface area contributed by atoms with E-state index in [1.54, 1.807) is 7.11 Å². The molecule has 0 radical (unpaired) electrons. The lowest BCUT2D eigenvalue weighted by molar-refractivity contribution is 0.323. The summed E-state index contributed by atoms with van der Waals surface area (Å²) < 4.78 is 10.7. The fourth-order valence-corrected chi connectivity index (χ4v) is 1.40. The van der Waals surface area contributed by atoms with Crippen LogP contribution in [0.4, 0.5) is 0 Å². The molecule has 0 aliphatic carbocycles. The molecule has 0 unspecified atom stereocenters. The lowest BCUT2D eigenvalue weighted by atomic mass is 10.2. The monoisotopic (exact) mass is 179 g/mol. The zero-order valence-corrected chi connectivity index (χ0v) is 7.67. The van der Waals surface area contributed by atoms with Gasteiger partial charge in [0.05, 0.1) is 7.11 Å². The quantitative estimate of drug-likeness (QED) is 0.702. The summed E-state index contributed by atoms with van der Waals surface area (Å²) >= 11 is 0. The molecule has 0 bridgehead atoms. The Kier molecular flexibility index (Phi) is 2.36. The molecule has 0 fully saturated rings. The molecule has 3 nitrogen and oxygen atoms in total. The Labute approximate surface area is 77.7 Å². The summed E-state index contributed by atoms with van der Waals surface area (Å²) in [5, 5.41) is 3.28. The Balaban J connectivity index is 2.32. The Bertz CT molecular complexity index is 299. The SMILES string of the molecule is COc1ccc2c(c1)OCCNC2. The van der Waals surface area contributed by atoms with Crippen LogP contribution in [0.15, 0.2) is 18.2 Å². The van der Waals surface area contributed by atoms with Crippen molar-refractivity contribution < 1.29 is 9.47 Å². The molecule has 1 aromatic rings. The van der Waals surface area contributed by atoms with Gasteiger partial charge in [-0.25, -0.2) is 0 Å². The van der Waals surface area contributed by atoms with Gasteiger partial charge in [-0.1, -0.05) is 6.07 Å².